The van der Waals surface area contributed by atoms with Gasteiger partial charge in [0.25, 0.3) is 0 Å². The van der Waals surface area contributed by atoms with Gasteiger partial charge in [-0.2, -0.15) is 0 Å². The molecule has 0 aliphatic carbocycles. The fourth-order valence-corrected chi connectivity index (χ4v) is 2.95. The number of benzene rings is 2. The number of thiazole rings is 1. The van der Waals surface area contributed by atoms with Gasteiger partial charge >= 0.3 is 5.97 Å². The van der Waals surface area contributed by atoms with E-state index in [1.165, 1.54) is 18.4 Å². The maximum atomic E-state index is 12.2. The van der Waals surface area contributed by atoms with Gasteiger partial charge in [-0.25, -0.2) is 9.78 Å². The van der Waals surface area contributed by atoms with E-state index in [-0.39, 0.29) is 5.69 Å². The molecule has 23 heavy (non-hydrogen) atoms. The lowest BCUT2D eigenvalue weighted by Gasteiger charge is -2.07. The molecule has 1 heterocycles. The Bertz CT molecular complexity index is 847. The van der Waals surface area contributed by atoms with Gasteiger partial charge in [0.1, 0.15) is 5.01 Å². The second-order valence-corrected chi connectivity index (χ2v) is 5.88. The first-order valence-corrected chi connectivity index (χ1v) is 8.00. The van der Waals surface area contributed by atoms with Crippen molar-refractivity contribution in [3.8, 4) is 22.1 Å². The largest absolute Gasteiger partial charge is 0.493 e. The summed E-state index contributed by atoms with van der Waals surface area (Å²) in [6.07, 6.45) is 0. The highest BCUT2D eigenvalue weighted by atomic mass is 35.5. The van der Waals surface area contributed by atoms with Gasteiger partial charge in [-0.1, -0.05) is 35.9 Å². The molecule has 0 saturated carbocycles. The van der Waals surface area contributed by atoms with Crippen molar-refractivity contribution in [3.63, 3.8) is 0 Å². The number of halogens is 1. The first-order valence-electron chi connectivity index (χ1n) is 6.74. The van der Waals surface area contributed by atoms with Crippen molar-refractivity contribution in [2.45, 2.75) is 0 Å². The minimum atomic E-state index is -0.529. The summed E-state index contributed by atoms with van der Waals surface area (Å²) < 4.78 is 10.5. The predicted molar refractivity (Wildman–Crippen MR) is 90.5 cm³/mol. The van der Waals surface area contributed by atoms with E-state index < -0.39 is 5.97 Å². The molecule has 0 fully saturated rings. The Morgan fingerprint density at radius 1 is 1.13 bits per heavy atom. The normalized spacial score (nSPS) is 10.3. The molecule has 0 N–H and O–H groups in total. The van der Waals surface area contributed by atoms with Crippen LogP contribution in [0.4, 0.5) is 0 Å². The zero-order valence-electron chi connectivity index (χ0n) is 12.2. The number of rotatable bonds is 4. The van der Waals surface area contributed by atoms with Crippen LogP contribution in [0.15, 0.2) is 53.9 Å². The summed E-state index contributed by atoms with van der Waals surface area (Å²) in [6, 6.07) is 14.3. The lowest BCUT2D eigenvalue weighted by Crippen LogP contribution is -2.09. The minimum absolute atomic E-state index is 0.246. The van der Waals surface area contributed by atoms with E-state index in [1.54, 1.807) is 41.8 Å². The monoisotopic (exact) mass is 345 g/mol. The van der Waals surface area contributed by atoms with Crippen LogP contribution in [0.1, 0.15) is 10.5 Å². The number of carbonyl (C=O) groups is 1. The summed E-state index contributed by atoms with van der Waals surface area (Å²) in [5, 5.41) is 2.99. The first kappa shape index (κ1) is 15.5. The van der Waals surface area contributed by atoms with E-state index in [1.807, 2.05) is 12.1 Å². The van der Waals surface area contributed by atoms with Gasteiger partial charge in [0, 0.05) is 16.0 Å². The van der Waals surface area contributed by atoms with Crippen LogP contribution in [0.2, 0.25) is 5.02 Å². The molecule has 0 saturated heterocycles. The highest BCUT2D eigenvalue weighted by molar-refractivity contribution is 7.13. The molecule has 0 unspecified atom stereocenters. The molecule has 3 rings (SSSR count). The molecule has 0 spiro atoms. The van der Waals surface area contributed by atoms with Crippen molar-refractivity contribution in [1.29, 1.82) is 0 Å². The second-order valence-electron chi connectivity index (χ2n) is 4.59. The lowest BCUT2D eigenvalue weighted by atomic mass is 10.2. The molecule has 6 heteroatoms. The fraction of sp³-hybridized carbons (Fsp3) is 0.0588. The third-order valence-corrected chi connectivity index (χ3v) is 4.18. The van der Waals surface area contributed by atoms with Crippen LogP contribution in [0, 0.1) is 0 Å². The molecule has 2 aromatic carbocycles. The number of aromatic nitrogens is 1. The number of methoxy groups -OCH3 is 1. The molecular formula is C17H12ClNO3S. The Balaban J connectivity index is 1.81. The van der Waals surface area contributed by atoms with Crippen LogP contribution in [-0.2, 0) is 0 Å². The van der Waals surface area contributed by atoms with Crippen molar-refractivity contribution >= 4 is 28.9 Å². The van der Waals surface area contributed by atoms with Crippen LogP contribution in [0.3, 0.4) is 0 Å². The SMILES string of the molecule is COc1ccccc1OC(=O)c1csc(-c2cccc(Cl)c2)n1. The molecule has 0 radical (unpaired) electrons. The van der Waals surface area contributed by atoms with Crippen molar-refractivity contribution in [2.75, 3.05) is 7.11 Å². The average molecular weight is 346 g/mol. The van der Waals surface area contributed by atoms with Crippen molar-refractivity contribution in [1.82, 2.24) is 4.98 Å². The molecule has 0 amide bonds. The summed E-state index contributed by atoms with van der Waals surface area (Å²) in [7, 11) is 1.52. The zero-order chi connectivity index (χ0) is 16.2. The number of esters is 1. The second kappa shape index (κ2) is 6.81. The Hall–Kier alpha value is -2.37. The number of carbonyl (C=O) groups excluding carboxylic acids is 1. The predicted octanol–water partition coefficient (Wildman–Crippen LogP) is 4.69. The maximum Gasteiger partial charge on any atom is 0.363 e. The van der Waals surface area contributed by atoms with E-state index in [4.69, 9.17) is 21.1 Å². The van der Waals surface area contributed by atoms with Gasteiger partial charge in [0.05, 0.1) is 7.11 Å². The van der Waals surface area contributed by atoms with Gasteiger partial charge in [0.2, 0.25) is 0 Å². The molecule has 0 atom stereocenters. The third-order valence-electron chi connectivity index (χ3n) is 3.06. The van der Waals surface area contributed by atoms with Crippen molar-refractivity contribution < 1.29 is 14.3 Å². The fourth-order valence-electron chi connectivity index (χ4n) is 1.98. The van der Waals surface area contributed by atoms with E-state index in [0.717, 1.165) is 5.56 Å². The number of hydrogen-bond donors (Lipinski definition) is 0. The standard InChI is InChI=1S/C17H12ClNO3S/c1-21-14-7-2-3-8-15(14)22-17(20)13-10-23-16(19-13)11-5-4-6-12(18)9-11/h2-10H,1H3. The van der Waals surface area contributed by atoms with Gasteiger partial charge in [-0.15, -0.1) is 11.3 Å². The third kappa shape index (κ3) is 3.52. The van der Waals surface area contributed by atoms with Crippen LogP contribution < -0.4 is 9.47 Å². The number of ether oxygens (including phenoxy) is 2. The Kier molecular flexibility index (Phi) is 4.60. The molecule has 0 aliphatic heterocycles. The molecule has 4 nitrogen and oxygen atoms in total. The molecule has 3 aromatic rings. The number of para-hydroxylation sites is 2. The number of hydrogen-bond acceptors (Lipinski definition) is 5. The van der Waals surface area contributed by atoms with E-state index in [9.17, 15) is 4.79 Å². The highest BCUT2D eigenvalue weighted by Crippen LogP contribution is 2.29. The quantitative estimate of drug-likeness (QED) is 0.508. The molecule has 0 aliphatic rings. The Morgan fingerprint density at radius 2 is 1.91 bits per heavy atom. The molecular weight excluding hydrogens is 334 g/mol. The lowest BCUT2D eigenvalue weighted by molar-refractivity contribution is 0.0724. The van der Waals surface area contributed by atoms with Gasteiger partial charge in [0.15, 0.2) is 17.2 Å². The summed E-state index contributed by atoms with van der Waals surface area (Å²) >= 11 is 7.33. The smallest absolute Gasteiger partial charge is 0.363 e. The van der Waals surface area contributed by atoms with Crippen LogP contribution in [0.25, 0.3) is 10.6 Å². The first-order chi connectivity index (χ1) is 11.2. The average Bonchev–Trinajstić information content (AvgIpc) is 3.05. The van der Waals surface area contributed by atoms with Gasteiger partial charge < -0.3 is 9.47 Å². The Morgan fingerprint density at radius 3 is 2.65 bits per heavy atom. The van der Waals surface area contributed by atoms with Crippen molar-refractivity contribution in [3.05, 3.63) is 64.6 Å². The van der Waals surface area contributed by atoms with E-state index >= 15 is 0 Å². The summed E-state index contributed by atoms with van der Waals surface area (Å²) in [6.45, 7) is 0. The van der Waals surface area contributed by atoms with Gasteiger partial charge in [-0.3, -0.25) is 0 Å². The maximum absolute atomic E-state index is 12.2. The topological polar surface area (TPSA) is 48.4 Å². The van der Waals surface area contributed by atoms with Crippen LogP contribution in [-0.4, -0.2) is 18.1 Å². The molecule has 1 aromatic heterocycles. The minimum Gasteiger partial charge on any atom is -0.493 e. The van der Waals surface area contributed by atoms with Crippen LogP contribution in [0.5, 0.6) is 11.5 Å². The number of nitrogens with zero attached hydrogens (tertiary/aromatic N) is 1. The summed E-state index contributed by atoms with van der Waals surface area (Å²) in [5.41, 5.74) is 1.11. The highest BCUT2D eigenvalue weighted by Gasteiger charge is 2.16. The van der Waals surface area contributed by atoms with E-state index in [0.29, 0.717) is 21.5 Å². The summed E-state index contributed by atoms with van der Waals surface area (Å²) in [4.78, 5) is 16.6. The van der Waals surface area contributed by atoms with Crippen LogP contribution >= 0.6 is 22.9 Å². The van der Waals surface area contributed by atoms with Gasteiger partial charge in [-0.05, 0) is 24.3 Å². The van der Waals surface area contributed by atoms with E-state index in [2.05, 4.69) is 4.98 Å². The zero-order valence-corrected chi connectivity index (χ0v) is 13.7. The molecule has 0 bridgehead atoms. The molecule has 116 valence electrons. The van der Waals surface area contributed by atoms with Crippen molar-refractivity contribution in [2.24, 2.45) is 0 Å². The summed E-state index contributed by atoms with van der Waals surface area (Å²) in [5.74, 6) is 0.322. The Labute approximate surface area is 142 Å².